The predicted molar refractivity (Wildman–Crippen MR) is 71.2 cm³/mol. The molecule has 0 aliphatic heterocycles. The lowest BCUT2D eigenvalue weighted by molar-refractivity contribution is -0.138. The Balaban J connectivity index is 2.47. The molecule has 5 heteroatoms. The number of ether oxygens (including phenoxy) is 1. The van der Waals surface area contributed by atoms with Gasteiger partial charge in [0, 0.05) is 13.6 Å². The zero-order chi connectivity index (χ0) is 14.3. The van der Waals surface area contributed by atoms with Gasteiger partial charge in [0.05, 0.1) is 6.42 Å². The van der Waals surface area contributed by atoms with E-state index in [1.165, 1.54) is 4.90 Å². The van der Waals surface area contributed by atoms with Crippen molar-refractivity contribution in [2.75, 3.05) is 20.2 Å². The van der Waals surface area contributed by atoms with Crippen molar-refractivity contribution in [1.29, 1.82) is 0 Å². The molecule has 0 aromatic heterocycles. The third-order valence-electron chi connectivity index (χ3n) is 2.79. The highest BCUT2D eigenvalue weighted by Crippen LogP contribution is 2.18. The van der Waals surface area contributed by atoms with E-state index in [2.05, 4.69) is 0 Å². The highest BCUT2D eigenvalue weighted by atomic mass is 16.5. The fourth-order valence-corrected chi connectivity index (χ4v) is 1.57. The van der Waals surface area contributed by atoms with E-state index in [0.29, 0.717) is 5.75 Å². The van der Waals surface area contributed by atoms with Gasteiger partial charge in [-0.25, -0.2) is 0 Å². The third-order valence-corrected chi connectivity index (χ3v) is 2.79. The van der Waals surface area contributed by atoms with Crippen LogP contribution in [0.1, 0.15) is 18.9 Å². The summed E-state index contributed by atoms with van der Waals surface area (Å²) in [5.41, 5.74) is 1.04. The second-order valence-electron chi connectivity index (χ2n) is 4.21. The van der Waals surface area contributed by atoms with Crippen molar-refractivity contribution in [2.45, 2.75) is 19.8 Å². The molecule has 0 fully saturated rings. The van der Waals surface area contributed by atoms with E-state index in [1.807, 2.05) is 31.2 Å². The molecule has 0 radical (unpaired) electrons. The molecule has 104 valence electrons. The van der Waals surface area contributed by atoms with E-state index >= 15 is 0 Å². The Hall–Kier alpha value is -2.04. The maximum atomic E-state index is 11.7. The number of para-hydroxylation sites is 1. The monoisotopic (exact) mass is 265 g/mol. The van der Waals surface area contributed by atoms with Gasteiger partial charge in [0.15, 0.2) is 6.61 Å². The molecule has 0 aliphatic carbocycles. The summed E-state index contributed by atoms with van der Waals surface area (Å²) in [6.07, 6.45) is 0.771. The highest BCUT2D eigenvalue weighted by Gasteiger charge is 2.11. The van der Waals surface area contributed by atoms with Crippen LogP contribution < -0.4 is 4.74 Å². The number of hydrogen-bond donors (Lipinski definition) is 1. The van der Waals surface area contributed by atoms with Crippen molar-refractivity contribution >= 4 is 11.9 Å². The summed E-state index contributed by atoms with van der Waals surface area (Å²) in [6.45, 7) is 2.13. The molecule has 5 nitrogen and oxygen atoms in total. The minimum atomic E-state index is -0.920. The van der Waals surface area contributed by atoms with E-state index in [9.17, 15) is 9.59 Å². The normalized spacial score (nSPS) is 10.0. The lowest BCUT2D eigenvalue weighted by Crippen LogP contribution is -2.33. The van der Waals surface area contributed by atoms with Crippen molar-refractivity contribution in [3.05, 3.63) is 29.8 Å². The van der Waals surface area contributed by atoms with Gasteiger partial charge < -0.3 is 14.7 Å². The predicted octanol–water partition coefficient (Wildman–Crippen LogP) is 1.56. The minimum Gasteiger partial charge on any atom is -0.483 e. The molecule has 0 saturated carbocycles. The van der Waals surface area contributed by atoms with Gasteiger partial charge in [-0.15, -0.1) is 0 Å². The fourth-order valence-electron chi connectivity index (χ4n) is 1.57. The van der Waals surface area contributed by atoms with Crippen LogP contribution in [0.3, 0.4) is 0 Å². The van der Waals surface area contributed by atoms with Crippen LogP contribution in [-0.2, 0) is 16.0 Å². The fraction of sp³-hybridized carbons (Fsp3) is 0.429. The van der Waals surface area contributed by atoms with Crippen molar-refractivity contribution in [1.82, 2.24) is 4.90 Å². The molecule has 19 heavy (non-hydrogen) atoms. The van der Waals surface area contributed by atoms with Crippen molar-refractivity contribution < 1.29 is 19.4 Å². The molecule has 0 saturated heterocycles. The van der Waals surface area contributed by atoms with Crippen LogP contribution in [0.4, 0.5) is 0 Å². The summed E-state index contributed by atoms with van der Waals surface area (Å²) in [6, 6.07) is 7.55. The van der Waals surface area contributed by atoms with Gasteiger partial charge in [-0.3, -0.25) is 9.59 Å². The first kappa shape index (κ1) is 15.0. The molecule has 0 bridgehead atoms. The Morgan fingerprint density at radius 2 is 2.00 bits per heavy atom. The second kappa shape index (κ2) is 7.41. The summed E-state index contributed by atoms with van der Waals surface area (Å²) < 4.78 is 5.48. The number of carbonyl (C=O) groups is 2. The molecule has 1 N–H and O–H groups in total. The first-order chi connectivity index (χ1) is 9.04. The molecular weight excluding hydrogens is 246 g/mol. The molecule has 0 atom stereocenters. The number of likely N-dealkylation sites (N-methyl/N-ethyl adjacent to an activating group) is 1. The Morgan fingerprint density at radius 3 is 2.63 bits per heavy atom. The topological polar surface area (TPSA) is 66.8 Å². The smallest absolute Gasteiger partial charge is 0.305 e. The zero-order valence-electron chi connectivity index (χ0n) is 11.3. The van der Waals surface area contributed by atoms with Crippen LogP contribution in [-0.4, -0.2) is 42.1 Å². The van der Waals surface area contributed by atoms with Crippen LogP contribution in [0.5, 0.6) is 5.75 Å². The molecule has 0 aliphatic rings. The van der Waals surface area contributed by atoms with Gasteiger partial charge in [0.25, 0.3) is 5.91 Å². The van der Waals surface area contributed by atoms with E-state index < -0.39 is 5.97 Å². The standard InChI is InChI=1S/C14H19NO4/c1-3-11-6-4-5-7-12(11)19-10-13(16)15(2)9-8-14(17)18/h4-7H,3,8-10H2,1-2H3,(H,17,18). The molecule has 0 heterocycles. The zero-order valence-corrected chi connectivity index (χ0v) is 11.3. The number of carboxylic acids is 1. The maximum absolute atomic E-state index is 11.7. The summed E-state index contributed by atoms with van der Waals surface area (Å²) in [5.74, 6) is -0.450. The lowest BCUT2D eigenvalue weighted by Gasteiger charge is -2.17. The number of hydrogen-bond acceptors (Lipinski definition) is 3. The summed E-state index contributed by atoms with van der Waals surface area (Å²) in [5, 5.41) is 8.55. The van der Waals surface area contributed by atoms with E-state index in [1.54, 1.807) is 7.05 Å². The van der Waals surface area contributed by atoms with Crippen LogP contribution in [0.15, 0.2) is 24.3 Å². The molecule has 0 spiro atoms. The number of aryl methyl sites for hydroxylation is 1. The van der Waals surface area contributed by atoms with Crippen LogP contribution in [0.25, 0.3) is 0 Å². The molecule has 1 rings (SSSR count). The molecular formula is C14H19NO4. The number of carboxylic acid groups (broad SMARTS) is 1. The maximum Gasteiger partial charge on any atom is 0.305 e. The SMILES string of the molecule is CCc1ccccc1OCC(=O)N(C)CCC(=O)O. The van der Waals surface area contributed by atoms with Crippen molar-refractivity contribution in [3.63, 3.8) is 0 Å². The van der Waals surface area contributed by atoms with Gasteiger partial charge in [-0.05, 0) is 18.1 Å². The average molecular weight is 265 g/mol. The first-order valence-corrected chi connectivity index (χ1v) is 6.21. The Kier molecular flexibility index (Phi) is 5.85. The molecule has 1 amide bonds. The van der Waals surface area contributed by atoms with E-state index in [0.717, 1.165) is 12.0 Å². The van der Waals surface area contributed by atoms with Crippen LogP contribution in [0.2, 0.25) is 0 Å². The first-order valence-electron chi connectivity index (χ1n) is 6.21. The lowest BCUT2D eigenvalue weighted by atomic mass is 10.1. The molecule has 1 aromatic rings. The van der Waals surface area contributed by atoms with E-state index in [-0.39, 0.29) is 25.5 Å². The van der Waals surface area contributed by atoms with Gasteiger partial charge in [-0.1, -0.05) is 25.1 Å². The van der Waals surface area contributed by atoms with Gasteiger partial charge in [0.1, 0.15) is 5.75 Å². The molecule has 1 aromatic carbocycles. The van der Waals surface area contributed by atoms with Crippen molar-refractivity contribution in [3.8, 4) is 5.75 Å². The quantitative estimate of drug-likeness (QED) is 0.812. The minimum absolute atomic E-state index is 0.0617. The number of nitrogens with zero attached hydrogens (tertiary/aromatic N) is 1. The second-order valence-corrected chi connectivity index (χ2v) is 4.21. The number of carbonyl (C=O) groups excluding carboxylic acids is 1. The largest absolute Gasteiger partial charge is 0.483 e. The van der Waals surface area contributed by atoms with E-state index in [4.69, 9.17) is 9.84 Å². The molecule has 0 unspecified atom stereocenters. The van der Waals surface area contributed by atoms with Crippen LogP contribution >= 0.6 is 0 Å². The summed E-state index contributed by atoms with van der Waals surface area (Å²) >= 11 is 0. The number of amides is 1. The summed E-state index contributed by atoms with van der Waals surface area (Å²) in [4.78, 5) is 23.5. The number of benzene rings is 1. The third kappa shape index (κ3) is 4.99. The number of aliphatic carboxylic acids is 1. The highest BCUT2D eigenvalue weighted by molar-refractivity contribution is 5.78. The van der Waals surface area contributed by atoms with Gasteiger partial charge in [0.2, 0.25) is 0 Å². The Labute approximate surface area is 112 Å². The van der Waals surface area contributed by atoms with Crippen LogP contribution in [0, 0.1) is 0 Å². The number of rotatable bonds is 7. The Morgan fingerprint density at radius 1 is 1.32 bits per heavy atom. The average Bonchev–Trinajstić information content (AvgIpc) is 2.42. The van der Waals surface area contributed by atoms with Gasteiger partial charge in [-0.2, -0.15) is 0 Å². The van der Waals surface area contributed by atoms with Gasteiger partial charge >= 0.3 is 5.97 Å². The summed E-state index contributed by atoms with van der Waals surface area (Å²) in [7, 11) is 1.57. The van der Waals surface area contributed by atoms with Crippen molar-refractivity contribution in [2.24, 2.45) is 0 Å². The Bertz CT molecular complexity index is 445.